The number of carbonyl (C=O) groups is 1. The van der Waals surface area contributed by atoms with E-state index in [0.717, 1.165) is 35.0 Å². The second kappa shape index (κ2) is 6.82. The maximum absolute atomic E-state index is 12.3. The number of methoxy groups -OCH3 is 2. The van der Waals surface area contributed by atoms with Crippen LogP contribution in [-0.2, 0) is 0 Å². The number of carbonyl (C=O) groups excluding carboxylic acids is 1. The predicted octanol–water partition coefficient (Wildman–Crippen LogP) is 2.58. The Morgan fingerprint density at radius 2 is 2.26 bits per heavy atom. The summed E-state index contributed by atoms with van der Waals surface area (Å²) in [5.41, 5.74) is 1.07. The number of urea groups is 1. The van der Waals surface area contributed by atoms with Gasteiger partial charge in [0.05, 0.1) is 20.4 Å². The highest BCUT2D eigenvalue weighted by Gasteiger charge is 2.29. The molecule has 1 aromatic carbocycles. The van der Waals surface area contributed by atoms with Crippen molar-refractivity contribution in [2.45, 2.75) is 12.3 Å². The average molecular weight is 334 g/mol. The third kappa shape index (κ3) is 3.37. The summed E-state index contributed by atoms with van der Waals surface area (Å²) < 4.78 is 14.5. The van der Waals surface area contributed by atoms with Crippen LogP contribution in [0.25, 0.3) is 0 Å². The monoisotopic (exact) mass is 334 g/mol. The van der Waals surface area contributed by atoms with E-state index < -0.39 is 0 Å². The van der Waals surface area contributed by atoms with Gasteiger partial charge >= 0.3 is 6.03 Å². The minimum absolute atomic E-state index is 0.125. The maximum Gasteiger partial charge on any atom is 0.322 e. The molecule has 0 unspecified atom stereocenters. The molecule has 122 valence electrons. The fourth-order valence-corrected chi connectivity index (χ4v) is 3.17. The largest absolute Gasteiger partial charge is 0.497 e. The lowest BCUT2D eigenvalue weighted by atomic mass is 9.97. The van der Waals surface area contributed by atoms with E-state index in [4.69, 9.17) is 9.47 Å². The molecule has 1 aliphatic rings. The fourth-order valence-electron chi connectivity index (χ4n) is 2.76. The molecular formula is C15H18N4O3S. The molecule has 7 nitrogen and oxygen atoms in total. The van der Waals surface area contributed by atoms with Crippen molar-refractivity contribution < 1.29 is 14.3 Å². The van der Waals surface area contributed by atoms with E-state index in [1.165, 1.54) is 0 Å². The van der Waals surface area contributed by atoms with Crippen molar-refractivity contribution in [1.29, 1.82) is 0 Å². The first-order valence-electron chi connectivity index (χ1n) is 7.26. The van der Waals surface area contributed by atoms with Crippen molar-refractivity contribution in [2.75, 3.05) is 32.6 Å². The van der Waals surface area contributed by atoms with Gasteiger partial charge in [0.2, 0.25) is 0 Å². The van der Waals surface area contributed by atoms with Crippen molar-refractivity contribution >= 4 is 22.6 Å². The Morgan fingerprint density at radius 3 is 2.96 bits per heavy atom. The van der Waals surface area contributed by atoms with Crippen LogP contribution >= 0.6 is 11.5 Å². The van der Waals surface area contributed by atoms with Crippen LogP contribution in [0, 0.1) is 0 Å². The van der Waals surface area contributed by atoms with Crippen molar-refractivity contribution in [1.82, 2.24) is 14.5 Å². The van der Waals surface area contributed by atoms with Crippen LogP contribution in [0.3, 0.4) is 0 Å². The molecule has 0 saturated carbocycles. The van der Waals surface area contributed by atoms with Gasteiger partial charge in [0.25, 0.3) is 0 Å². The third-order valence-corrected chi connectivity index (χ3v) is 4.52. The minimum Gasteiger partial charge on any atom is -0.497 e. The molecule has 1 aromatic heterocycles. The topological polar surface area (TPSA) is 76.6 Å². The summed E-state index contributed by atoms with van der Waals surface area (Å²) >= 11 is 1.16. The smallest absolute Gasteiger partial charge is 0.322 e. The molecule has 1 aliphatic heterocycles. The van der Waals surface area contributed by atoms with E-state index in [2.05, 4.69) is 14.9 Å². The van der Waals surface area contributed by atoms with Crippen LogP contribution < -0.4 is 14.8 Å². The van der Waals surface area contributed by atoms with Gasteiger partial charge in [0, 0.05) is 36.1 Å². The van der Waals surface area contributed by atoms with Crippen LogP contribution in [0.1, 0.15) is 17.9 Å². The summed E-state index contributed by atoms with van der Waals surface area (Å²) in [5.74, 6) is 1.84. The van der Waals surface area contributed by atoms with Gasteiger partial charge in [-0.1, -0.05) is 4.49 Å². The molecule has 1 atom stereocenters. The molecule has 8 heteroatoms. The van der Waals surface area contributed by atoms with E-state index in [1.54, 1.807) is 25.3 Å². The Morgan fingerprint density at radius 1 is 1.39 bits per heavy atom. The highest BCUT2D eigenvalue weighted by atomic mass is 32.1. The van der Waals surface area contributed by atoms with Crippen molar-refractivity contribution in [3.63, 3.8) is 0 Å². The first-order chi connectivity index (χ1) is 11.2. The Bertz CT molecular complexity index is 677. The lowest BCUT2D eigenvalue weighted by Crippen LogP contribution is -2.32. The van der Waals surface area contributed by atoms with Crippen LogP contribution in [0.5, 0.6) is 11.5 Å². The molecule has 0 bridgehead atoms. The van der Waals surface area contributed by atoms with Crippen LogP contribution in [0.4, 0.5) is 9.80 Å². The number of likely N-dealkylation sites (tertiary alicyclic amines) is 1. The molecule has 2 heterocycles. The van der Waals surface area contributed by atoms with Crippen LogP contribution in [0.2, 0.25) is 0 Å². The molecule has 2 aromatic rings. The van der Waals surface area contributed by atoms with Crippen molar-refractivity contribution in [2.24, 2.45) is 0 Å². The summed E-state index contributed by atoms with van der Waals surface area (Å²) in [5, 5.41) is 7.17. The summed E-state index contributed by atoms with van der Waals surface area (Å²) in [6.07, 6.45) is 2.43. The number of amides is 2. The molecule has 0 aliphatic carbocycles. The fraction of sp³-hybridized carbons (Fsp3) is 0.400. The molecule has 1 saturated heterocycles. The number of benzene rings is 1. The van der Waals surface area contributed by atoms with Crippen LogP contribution in [-0.4, -0.2) is 47.8 Å². The van der Waals surface area contributed by atoms with E-state index in [-0.39, 0.29) is 11.9 Å². The standard InChI is InChI=1S/C15H18N4O3S/c1-21-11-3-4-13(22-2)12(7-11)10-5-6-19(9-10)15(20)17-14-8-16-18-23-14/h3-4,7-8,10H,5-6,9H2,1-2H3,(H,17,20)/t10-/m1/s1. The van der Waals surface area contributed by atoms with E-state index >= 15 is 0 Å². The van der Waals surface area contributed by atoms with Gasteiger partial charge in [-0.05, 0) is 24.6 Å². The average Bonchev–Trinajstić information content (AvgIpc) is 3.25. The highest BCUT2D eigenvalue weighted by Crippen LogP contribution is 2.36. The maximum atomic E-state index is 12.3. The molecular weight excluding hydrogens is 316 g/mol. The lowest BCUT2D eigenvalue weighted by molar-refractivity contribution is 0.222. The third-order valence-electron chi connectivity index (χ3n) is 3.94. The van der Waals surface area contributed by atoms with Gasteiger partial charge in [-0.3, -0.25) is 5.32 Å². The summed E-state index contributed by atoms with van der Waals surface area (Å²) in [7, 11) is 3.30. The van der Waals surface area contributed by atoms with Gasteiger partial charge in [-0.15, -0.1) is 5.10 Å². The second-order valence-electron chi connectivity index (χ2n) is 5.25. The highest BCUT2D eigenvalue weighted by molar-refractivity contribution is 7.10. The van der Waals surface area contributed by atoms with Gasteiger partial charge in [-0.2, -0.15) is 0 Å². The van der Waals surface area contributed by atoms with E-state index in [0.29, 0.717) is 18.1 Å². The summed E-state index contributed by atoms with van der Waals surface area (Å²) in [6, 6.07) is 5.64. The number of hydrogen-bond acceptors (Lipinski definition) is 6. The zero-order valence-corrected chi connectivity index (χ0v) is 13.8. The number of hydrogen-bond donors (Lipinski definition) is 1. The van der Waals surface area contributed by atoms with E-state index in [9.17, 15) is 4.79 Å². The zero-order valence-electron chi connectivity index (χ0n) is 13.0. The molecule has 0 spiro atoms. The summed E-state index contributed by atoms with van der Waals surface area (Å²) in [4.78, 5) is 14.1. The molecule has 23 heavy (non-hydrogen) atoms. The number of nitrogens with zero attached hydrogens (tertiary/aromatic N) is 3. The van der Waals surface area contributed by atoms with Gasteiger partial charge in [0.1, 0.15) is 16.5 Å². The number of aromatic nitrogens is 2. The van der Waals surface area contributed by atoms with E-state index in [1.807, 2.05) is 18.2 Å². The Balaban J connectivity index is 1.71. The zero-order chi connectivity index (χ0) is 16.2. The minimum atomic E-state index is -0.125. The van der Waals surface area contributed by atoms with Gasteiger partial charge in [-0.25, -0.2) is 4.79 Å². The normalized spacial score (nSPS) is 17.1. The van der Waals surface area contributed by atoms with Crippen molar-refractivity contribution in [3.05, 3.63) is 30.0 Å². The van der Waals surface area contributed by atoms with Crippen molar-refractivity contribution in [3.8, 4) is 11.5 Å². The molecule has 2 amide bonds. The van der Waals surface area contributed by atoms with Gasteiger partial charge < -0.3 is 14.4 Å². The quantitative estimate of drug-likeness (QED) is 0.930. The SMILES string of the molecule is COc1ccc(OC)c([C@@H]2CCN(C(=O)Nc3cnns3)C2)c1. The Hall–Kier alpha value is -2.35. The number of ether oxygens (including phenoxy) is 2. The Labute approximate surface area is 138 Å². The first kappa shape index (κ1) is 15.5. The second-order valence-corrected chi connectivity index (χ2v) is 6.04. The molecule has 1 fully saturated rings. The number of rotatable bonds is 4. The number of anilines is 1. The molecule has 3 rings (SSSR count). The number of nitrogens with one attached hydrogen (secondary N) is 1. The molecule has 0 radical (unpaired) electrons. The first-order valence-corrected chi connectivity index (χ1v) is 8.04. The van der Waals surface area contributed by atoms with Crippen LogP contribution in [0.15, 0.2) is 24.4 Å². The predicted molar refractivity (Wildman–Crippen MR) is 87.4 cm³/mol. The van der Waals surface area contributed by atoms with Gasteiger partial charge in [0.15, 0.2) is 0 Å². The summed E-state index contributed by atoms with van der Waals surface area (Å²) in [6.45, 7) is 1.34. The Kier molecular flexibility index (Phi) is 4.61. The molecule has 1 N–H and O–H groups in total. The lowest BCUT2D eigenvalue weighted by Gasteiger charge is -2.18.